The molecule has 3 rings (SSSR count). The number of para-hydroxylation sites is 1. The highest BCUT2D eigenvalue weighted by Crippen LogP contribution is 2.19. The Balaban J connectivity index is 1.57. The molecular formula is C21H28N4O. The van der Waals surface area contributed by atoms with Crippen LogP contribution in [0.4, 0.5) is 0 Å². The molecule has 26 heavy (non-hydrogen) atoms. The van der Waals surface area contributed by atoms with Crippen molar-refractivity contribution in [3.05, 3.63) is 59.9 Å². The number of guanidine groups is 1. The van der Waals surface area contributed by atoms with Gasteiger partial charge >= 0.3 is 0 Å². The first-order chi connectivity index (χ1) is 12.8. The van der Waals surface area contributed by atoms with Crippen LogP contribution in [0.1, 0.15) is 31.0 Å². The van der Waals surface area contributed by atoms with Gasteiger partial charge in [-0.3, -0.25) is 4.98 Å². The van der Waals surface area contributed by atoms with Gasteiger partial charge in [0.1, 0.15) is 11.9 Å². The van der Waals surface area contributed by atoms with Crippen LogP contribution in [0, 0.1) is 6.92 Å². The molecule has 0 spiro atoms. The molecule has 1 N–H and O–H groups in total. The monoisotopic (exact) mass is 352 g/mol. The van der Waals surface area contributed by atoms with Gasteiger partial charge in [0.2, 0.25) is 0 Å². The Morgan fingerprint density at radius 2 is 1.96 bits per heavy atom. The summed E-state index contributed by atoms with van der Waals surface area (Å²) in [5.41, 5.74) is 2.22. The third-order valence-corrected chi connectivity index (χ3v) is 4.62. The van der Waals surface area contributed by atoms with Crippen molar-refractivity contribution in [2.45, 2.75) is 39.3 Å². The molecule has 0 bridgehead atoms. The van der Waals surface area contributed by atoms with Gasteiger partial charge in [-0.1, -0.05) is 24.3 Å². The van der Waals surface area contributed by atoms with Crippen LogP contribution in [0.3, 0.4) is 0 Å². The average Bonchev–Trinajstić information content (AvgIpc) is 2.68. The minimum absolute atomic E-state index is 0.273. The Morgan fingerprint density at radius 3 is 2.65 bits per heavy atom. The highest BCUT2D eigenvalue weighted by molar-refractivity contribution is 5.80. The SMILES string of the molecule is CCNC(=NCc1ncccc1C)N1CCC(Oc2ccccc2)CC1. The predicted octanol–water partition coefficient (Wildman–Crippen LogP) is 3.40. The van der Waals surface area contributed by atoms with Gasteiger partial charge in [0.25, 0.3) is 0 Å². The second-order valence-corrected chi connectivity index (χ2v) is 6.55. The van der Waals surface area contributed by atoms with Gasteiger partial charge in [-0.05, 0) is 37.6 Å². The summed E-state index contributed by atoms with van der Waals surface area (Å²) in [5, 5.41) is 3.41. The maximum absolute atomic E-state index is 6.09. The quantitative estimate of drug-likeness (QED) is 0.662. The Morgan fingerprint density at radius 1 is 1.19 bits per heavy atom. The number of likely N-dealkylation sites (tertiary alicyclic amines) is 1. The van der Waals surface area contributed by atoms with E-state index in [2.05, 4.69) is 35.1 Å². The normalized spacial score (nSPS) is 15.8. The molecule has 1 saturated heterocycles. The van der Waals surface area contributed by atoms with Crippen LogP contribution in [0.2, 0.25) is 0 Å². The van der Waals surface area contributed by atoms with Gasteiger partial charge in [0.15, 0.2) is 5.96 Å². The topological polar surface area (TPSA) is 49.8 Å². The summed E-state index contributed by atoms with van der Waals surface area (Å²) < 4.78 is 6.09. The van der Waals surface area contributed by atoms with Gasteiger partial charge in [-0.15, -0.1) is 0 Å². The molecule has 0 aliphatic carbocycles. The molecule has 1 aromatic heterocycles. The molecule has 138 valence electrons. The third-order valence-electron chi connectivity index (χ3n) is 4.62. The molecule has 0 unspecified atom stereocenters. The van der Waals surface area contributed by atoms with Crippen molar-refractivity contribution in [1.29, 1.82) is 0 Å². The number of hydrogen-bond acceptors (Lipinski definition) is 3. The van der Waals surface area contributed by atoms with Crippen molar-refractivity contribution in [2.75, 3.05) is 19.6 Å². The largest absolute Gasteiger partial charge is 0.490 e. The first-order valence-corrected chi connectivity index (χ1v) is 9.41. The second-order valence-electron chi connectivity index (χ2n) is 6.55. The number of nitrogens with zero attached hydrogens (tertiary/aromatic N) is 3. The molecule has 2 heterocycles. The molecule has 0 radical (unpaired) electrons. The summed E-state index contributed by atoms with van der Waals surface area (Å²) in [4.78, 5) is 11.6. The molecule has 5 heteroatoms. The van der Waals surface area contributed by atoms with Crippen molar-refractivity contribution in [2.24, 2.45) is 4.99 Å². The zero-order chi connectivity index (χ0) is 18.2. The molecule has 1 aliphatic rings. The van der Waals surface area contributed by atoms with Gasteiger partial charge in [0.05, 0.1) is 12.2 Å². The van der Waals surface area contributed by atoms with Crippen molar-refractivity contribution >= 4 is 5.96 Å². The van der Waals surface area contributed by atoms with Gasteiger partial charge < -0.3 is 15.0 Å². The number of pyridine rings is 1. The molecule has 1 aromatic carbocycles. The third kappa shape index (κ3) is 4.97. The minimum Gasteiger partial charge on any atom is -0.490 e. The fraction of sp³-hybridized carbons (Fsp3) is 0.429. The van der Waals surface area contributed by atoms with E-state index in [0.717, 1.165) is 49.9 Å². The molecule has 0 saturated carbocycles. The molecule has 0 amide bonds. The van der Waals surface area contributed by atoms with Crippen molar-refractivity contribution in [3.8, 4) is 5.75 Å². The molecular weight excluding hydrogens is 324 g/mol. The Hall–Kier alpha value is -2.56. The maximum atomic E-state index is 6.09. The fourth-order valence-corrected chi connectivity index (χ4v) is 3.14. The predicted molar refractivity (Wildman–Crippen MR) is 105 cm³/mol. The zero-order valence-electron chi connectivity index (χ0n) is 15.7. The standard InChI is InChI=1S/C21H28N4O/c1-3-22-21(24-16-20-17(2)8-7-13-23-20)25-14-11-19(12-15-25)26-18-9-5-4-6-10-18/h4-10,13,19H,3,11-12,14-16H2,1-2H3,(H,22,24). The first-order valence-electron chi connectivity index (χ1n) is 9.41. The van der Waals surface area contributed by atoms with E-state index in [1.54, 1.807) is 0 Å². The van der Waals surface area contributed by atoms with Crippen LogP contribution in [-0.2, 0) is 6.54 Å². The second kappa shape index (κ2) is 9.22. The number of rotatable bonds is 5. The highest BCUT2D eigenvalue weighted by atomic mass is 16.5. The number of aryl methyl sites for hydroxylation is 1. The van der Waals surface area contributed by atoms with E-state index in [1.807, 2.05) is 42.6 Å². The lowest BCUT2D eigenvalue weighted by atomic mass is 10.1. The molecule has 5 nitrogen and oxygen atoms in total. The van der Waals surface area contributed by atoms with Crippen LogP contribution >= 0.6 is 0 Å². The van der Waals surface area contributed by atoms with Crippen LogP contribution < -0.4 is 10.1 Å². The van der Waals surface area contributed by atoms with Crippen molar-refractivity contribution in [3.63, 3.8) is 0 Å². The summed E-state index contributed by atoms with van der Waals surface area (Å²) in [6.07, 6.45) is 4.11. The van der Waals surface area contributed by atoms with Gasteiger partial charge in [-0.2, -0.15) is 0 Å². The maximum Gasteiger partial charge on any atom is 0.194 e. The smallest absolute Gasteiger partial charge is 0.194 e. The van der Waals surface area contributed by atoms with Gasteiger partial charge in [-0.25, -0.2) is 4.99 Å². The number of aliphatic imine (C=N–C) groups is 1. The number of ether oxygens (including phenoxy) is 1. The number of piperidine rings is 1. The lowest BCUT2D eigenvalue weighted by molar-refractivity contribution is 0.129. The van der Waals surface area contributed by atoms with Crippen LogP contribution in [0.25, 0.3) is 0 Å². The number of aromatic nitrogens is 1. The van der Waals surface area contributed by atoms with Crippen LogP contribution in [-0.4, -0.2) is 41.6 Å². The van der Waals surface area contributed by atoms with Crippen LogP contribution in [0.5, 0.6) is 5.75 Å². The van der Waals surface area contributed by atoms with E-state index >= 15 is 0 Å². The van der Waals surface area contributed by atoms with E-state index in [9.17, 15) is 0 Å². The first kappa shape index (κ1) is 18.2. The van der Waals surface area contributed by atoms with Crippen LogP contribution in [0.15, 0.2) is 53.7 Å². The lowest BCUT2D eigenvalue weighted by Crippen LogP contribution is -2.47. The fourth-order valence-electron chi connectivity index (χ4n) is 3.14. The summed E-state index contributed by atoms with van der Waals surface area (Å²) in [6.45, 7) is 7.55. The highest BCUT2D eigenvalue weighted by Gasteiger charge is 2.22. The van der Waals surface area contributed by atoms with E-state index in [-0.39, 0.29) is 6.10 Å². The molecule has 0 atom stereocenters. The minimum atomic E-state index is 0.273. The molecule has 1 aliphatic heterocycles. The number of nitrogens with one attached hydrogen (secondary N) is 1. The molecule has 2 aromatic rings. The van der Waals surface area contributed by atoms with Crippen molar-refractivity contribution < 1.29 is 4.74 Å². The Bertz CT molecular complexity index is 709. The zero-order valence-corrected chi connectivity index (χ0v) is 15.7. The summed E-state index contributed by atoms with van der Waals surface area (Å²) in [5.74, 6) is 1.92. The summed E-state index contributed by atoms with van der Waals surface area (Å²) >= 11 is 0. The number of hydrogen-bond donors (Lipinski definition) is 1. The molecule has 1 fully saturated rings. The summed E-state index contributed by atoms with van der Waals surface area (Å²) in [6, 6.07) is 14.1. The lowest BCUT2D eigenvalue weighted by Gasteiger charge is -2.34. The van der Waals surface area contributed by atoms with E-state index in [1.165, 1.54) is 5.56 Å². The van der Waals surface area contributed by atoms with Gasteiger partial charge in [0, 0.05) is 38.7 Å². The Labute approximate surface area is 156 Å². The van der Waals surface area contributed by atoms with E-state index in [0.29, 0.717) is 6.54 Å². The van der Waals surface area contributed by atoms with E-state index in [4.69, 9.17) is 9.73 Å². The summed E-state index contributed by atoms with van der Waals surface area (Å²) in [7, 11) is 0. The van der Waals surface area contributed by atoms with Crippen molar-refractivity contribution in [1.82, 2.24) is 15.2 Å². The Kier molecular flexibility index (Phi) is 6.47. The van der Waals surface area contributed by atoms with E-state index < -0.39 is 0 Å². The average molecular weight is 352 g/mol. The number of benzene rings is 1.